The van der Waals surface area contributed by atoms with Crippen LogP contribution in [0.1, 0.15) is 40.7 Å². The van der Waals surface area contributed by atoms with Gasteiger partial charge in [-0.2, -0.15) is 0 Å². The van der Waals surface area contributed by atoms with Gasteiger partial charge in [-0.05, 0) is 31.9 Å². The molecule has 0 saturated carbocycles. The van der Waals surface area contributed by atoms with Crippen molar-refractivity contribution in [3.63, 3.8) is 0 Å². The molecule has 0 unspecified atom stereocenters. The number of carbonyl (C=O) groups excluding carboxylic acids is 1. The van der Waals surface area contributed by atoms with Gasteiger partial charge in [0.05, 0.1) is 6.20 Å². The van der Waals surface area contributed by atoms with E-state index in [4.69, 9.17) is 9.40 Å². The van der Waals surface area contributed by atoms with Gasteiger partial charge in [-0.1, -0.05) is 0 Å². The molecule has 3 rings (SSSR count). The van der Waals surface area contributed by atoms with Crippen molar-refractivity contribution in [3.05, 3.63) is 41.9 Å². The molecule has 0 bridgehead atoms. The Bertz CT molecular complexity index is 674. The van der Waals surface area contributed by atoms with Crippen LogP contribution in [0.4, 0.5) is 5.69 Å². The van der Waals surface area contributed by atoms with Crippen LogP contribution in [-0.4, -0.2) is 48.0 Å². The lowest BCUT2D eigenvalue weighted by atomic mass is 9.92. The fourth-order valence-corrected chi connectivity index (χ4v) is 3.00. The molecule has 23 heavy (non-hydrogen) atoms. The number of amides is 1. The first-order chi connectivity index (χ1) is 11.0. The first kappa shape index (κ1) is 15.5. The molecule has 0 atom stereocenters. The van der Waals surface area contributed by atoms with Gasteiger partial charge in [-0.15, -0.1) is 0 Å². The Hall–Kier alpha value is -2.37. The third kappa shape index (κ3) is 3.36. The monoisotopic (exact) mass is 314 g/mol. The van der Waals surface area contributed by atoms with E-state index < -0.39 is 0 Å². The highest BCUT2D eigenvalue weighted by Crippen LogP contribution is 2.29. The van der Waals surface area contributed by atoms with Crippen molar-refractivity contribution in [2.45, 2.75) is 25.7 Å². The van der Waals surface area contributed by atoms with Crippen molar-refractivity contribution in [1.82, 2.24) is 14.9 Å². The lowest BCUT2D eigenvalue weighted by Crippen LogP contribution is -2.38. The lowest BCUT2D eigenvalue weighted by molar-refractivity contribution is 0.0680. The van der Waals surface area contributed by atoms with Crippen molar-refractivity contribution in [3.8, 4) is 0 Å². The van der Waals surface area contributed by atoms with Gasteiger partial charge in [-0.25, -0.2) is 4.98 Å². The summed E-state index contributed by atoms with van der Waals surface area (Å²) in [6, 6.07) is 4.25. The van der Waals surface area contributed by atoms with Gasteiger partial charge < -0.3 is 14.2 Å². The highest BCUT2D eigenvalue weighted by Gasteiger charge is 2.27. The van der Waals surface area contributed by atoms with E-state index in [0.717, 1.165) is 37.3 Å². The fourth-order valence-electron chi connectivity index (χ4n) is 3.00. The standard InChI is InChI=1S/C17H22N4O2/c1-12-8-14(20(2)3)9-15(19-12)13-4-6-21(7-5-13)17(22)16-10-18-11-23-16/h8-11,13H,4-7H2,1-3H3. The zero-order valence-corrected chi connectivity index (χ0v) is 13.8. The zero-order valence-electron chi connectivity index (χ0n) is 13.8. The van der Waals surface area contributed by atoms with Crippen LogP contribution in [0.25, 0.3) is 0 Å². The summed E-state index contributed by atoms with van der Waals surface area (Å²) in [4.78, 5) is 24.7. The number of hydrogen-bond donors (Lipinski definition) is 0. The number of hydrogen-bond acceptors (Lipinski definition) is 5. The Morgan fingerprint density at radius 3 is 2.65 bits per heavy atom. The van der Waals surface area contributed by atoms with E-state index in [0.29, 0.717) is 11.7 Å². The summed E-state index contributed by atoms with van der Waals surface area (Å²) in [5.41, 5.74) is 3.33. The Morgan fingerprint density at radius 2 is 2.04 bits per heavy atom. The van der Waals surface area contributed by atoms with Gasteiger partial charge >= 0.3 is 0 Å². The minimum atomic E-state index is -0.0767. The van der Waals surface area contributed by atoms with Crippen LogP contribution >= 0.6 is 0 Å². The van der Waals surface area contributed by atoms with Gasteiger partial charge in [0.15, 0.2) is 6.39 Å². The molecule has 2 aromatic rings. The number of nitrogens with zero attached hydrogens (tertiary/aromatic N) is 4. The van der Waals surface area contributed by atoms with Crippen LogP contribution in [0.3, 0.4) is 0 Å². The van der Waals surface area contributed by atoms with Crippen molar-refractivity contribution in [2.24, 2.45) is 0 Å². The van der Waals surface area contributed by atoms with E-state index in [-0.39, 0.29) is 5.91 Å². The summed E-state index contributed by atoms with van der Waals surface area (Å²) in [5.74, 6) is 0.631. The molecule has 1 amide bonds. The van der Waals surface area contributed by atoms with Crippen LogP contribution in [0, 0.1) is 6.92 Å². The summed E-state index contributed by atoms with van der Waals surface area (Å²) >= 11 is 0. The molecule has 3 heterocycles. The molecule has 2 aromatic heterocycles. The lowest BCUT2D eigenvalue weighted by Gasteiger charge is -2.31. The maximum Gasteiger partial charge on any atom is 0.291 e. The van der Waals surface area contributed by atoms with E-state index >= 15 is 0 Å². The second-order valence-corrected chi connectivity index (χ2v) is 6.22. The smallest absolute Gasteiger partial charge is 0.291 e. The Labute approximate surface area is 136 Å². The topological polar surface area (TPSA) is 62.5 Å². The van der Waals surface area contributed by atoms with Crippen LogP contribution < -0.4 is 4.90 Å². The number of piperidine rings is 1. The maximum atomic E-state index is 12.3. The molecule has 0 spiro atoms. The molecular formula is C17H22N4O2. The van der Waals surface area contributed by atoms with Gasteiger partial charge in [-0.3, -0.25) is 9.78 Å². The van der Waals surface area contributed by atoms with Crippen LogP contribution in [0.5, 0.6) is 0 Å². The Balaban J connectivity index is 1.68. The average molecular weight is 314 g/mol. The number of aromatic nitrogens is 2. The minimum Gasteiger partial charge on any atom is -0.438 e. The van der Waals surface area contributed by atoms with Crippen LogP contribution in [0.15, 0.2) is 29.1 Å². The number of pyridine rings is 1. The van der Waals surface area contributed by atoms with E-state index in [9.17, 15) is 4.79 Å². The van der Waals surface area contributed by atoms with Crippen molar-refractivity contribution >= 4 is 11.6 Å². The zero-order chi connectivity index (χ0) is 16.4. The molecule has 1 fully saturated rings. The molecule has 6 heteroatoms. The molecule has 0 radical (unpaired) electrons. The SMILES string of the molecule is Cc1cc(N(C)C)cc(C2CCN(C(=O)c3cnco3)CC2)n1. The molecular weight excluding hydrogens is 292 g/mol. The summed E-state index contributed by atoms with van der Waals surface area (Å²) in [6.45, 7) is 3.47. The van der Waals surface area contributed by atoms with Gasteiger partial charge in [0.1, 0.15) is 0 Å². The Kier molecular flexibility index (Phi) is 4.32. The average Bonchev–Trinajstić information content (AvgIpc) is 3.08. The molecule has 122 valence electrons. The molecule has 1 saturated heterocycles. The van der Waals surface area contributed by atoms with E-state index in [2.05, 4.69) is 22.0 Å². The normalized spacial score (nSPS) is 15.7. The number of aryl methyl sites for hydroxylation is 1. The third-order valence-electron chi connectivity index (χ3n) is 4.32. The van der Waals surface area contributed by atoms with E-state index in [1.165, 1.54) is 18.3 Å². The summed E-state index contributed by atoms with van der Waals surface area (Å²) in [5, 5.41) is 0. The predicted molar refractivity (Wildman–Crippen MR) is 87.7 cm³/mol. The van der Waals surface area contributed by atoms with E-state index in [1.807, 2.05) is 25.9 Å². The number of oxazole rings is 1. The van der Waals surface area contributed by atoms with Gasteiger partial charge in [0, 0.05) is 50.2 Å². The fraction of sp³-hybridized carbons (Fsp3) is 0.471. The summed E-state index contributed by atoms with van der Waals surface area (Å²) < 4.78 is 5.10. The largest absolute Gasteiger partial charge is 0.438 e. The predicted octanol–water partition coefficient (Wildman–Crippen LogP) is 2.46. The molecule has 1 aliphatic rings. The van der Waals surface area contributed by atoms with E-state index in [1.54, 1.807) is 0 Å². The number of likely N-dealkylation sites (tertiary alicyclic amines) is 1. The van der Waals surface area contributed by atoms with Crippen LogP contribution in [-0.2, 0) is 0 Å². The van der Waals surface area contributed by atoms with Crippen LogP contribution in [0.2, 0.25) is 0 Å². The molecule has 1 aliphatic heterocycles. The number of carbonyl (C=O) groups is 1. The summed E-state index contributed by atoms with van der Waals surface area (Å²) in [6.07, 6.45) is 4.60. The maximum absolute atomic E-state index is 12.3. The summed E-state index contributed by atoms with van der Waals surface area (Å²) in [7, 11) is 4.08. The molecule has 0 aliphatic carbocycles. The second-order valence-electron chi connectivity index (χ2n) is 6.22. The van der Waals surface area contributed by atoms with Crippen molar-refractivity contribution in [1.29, 1.82) is 0 Å². The molecule has 0 N–H and O–H groups in total. The van der Waals surface area contributed by atoms with Gasteiger partial charge in [0.25, 0.3) is 5.91 Å². The Morgan fingerprint density at radius 1 is 1.30 bits per heavy atom. The highest BCUT2D eigenvalue weighted by molar-refractivity contribution is 5.91. The quantitative estimate of drug-likeness (QED) is 0.871. The van der Waals surface area contributed by atoms with Gasteiger partial charge in [0.2, 0.25) is 5.76 Å². The first-order valence-corrected chi connectivity index (χ1v) is 7.88. The minimum absolute atomic E-state index is 0.0767. The number of rotatable bonds is 3. The first-order valence-electron chi connectivity index (χ1n) is 7.88. The third-order valence-corrected chi connectivity index (χ3v) is 4.32. The number of anilines is 1. The second kappa shape index (κ2) is 6.40. The molecule has 0 aromatic carbocycles. The highest BCUT2D eigenvalue weighted by atomic mass is 16.3. The van der Waals surface area contributed by atoms with Crippen molar-refractivity contribution < 1.29 is 9.21 Å². The van der Waals surface area contributed by atoms with Crippen molar-refractivity contribution in [2.75, 3.05) is 32.1 Å². The molecule has 6 nitrogen and oxygen atoms in total.